The molecule has 1 heterocycles. The van der Waals surface area contributed by atoms with Crippen LogP contribution in [0.5, 0.6) is 0 Å². The van der Waals surface area contributed by atoms with Gasteiger partial charge in [0.05, 0.1) is 0 Å². The molecule has 7 rings (SSSR count). The van der Waals surface area contributed by atoms with E-state index in [-0.39, 0.29) is 0 Å². The van der Waals surface area contributed by atoms with Gasteiger partial charge in [0.15, 0.2) is 0 Å². The van der Waals surface area contributed by atoms with Gasteiger partial charge in [-0.05, 0) is 68.6 Å². The van der Waals surface area contributed by atoms with E-state index < -0.39 is 0 Å². The molecule has 0 saturated carbocycles. The maximum Gasteiger partial charge on any atom is 0.143 e. The first-order valence-electron chi connectivity index (χ1n) is 11.4. The predicted octanol–water partition coefficient (Wildman–Crippen LogP) is 9.99. The van der Waals surface area contributed by atoms with Crippen LogP contribution in [0.25, 0.3) is 65.7 Å². The highest BCUT2D eigenvalue weighted by Gasteiger charge is 2.18. The van der Waals surface area contributed by atoms with Crippen molar-refractivity contribution in [3.63, 3.8) is 0 Å². The highest BCUT2D eigenvalue weighted by Crippen LogP contribution is 2.43. The average molecular weight is 499 g/mol. The quantitative estimate of drug-likeness (QED) is 0.231. The molecule has 0 spiro atoms. The van der Waals surface area contributed by atoms with E-state index in [1.54, 1.807) is 0 Å². The minimum atomic E-state index is 0.925. The first-order chi connectivity index (χ1) is 16.8. The fourth-order valence-electron chi connectivity index (χ4n) is 5.13. The summed E-state index contributed by atoms with van der Waals surface area (Å²) in [5, 5.41) is 7.22. The topological polar surface area (TPSA) is 13.1 Å². The lowest BCUT2D eigenvalue weighted by Crippen LogP contribution is -1.85. The number of furan rings is 1. The van der Waals surface area contributed by atoms with E-state index in [0.29, 0.717) is 0 Å². The van der Waals surface area contributed by atoms with E-state index in [4.69, 9.17) is 4.42 Å². The molecule has 0 bridgehead atoms. The largest absolute Gasteiger partial charge is 0.455 e. The maximum absolute atomic E-state index is 6.61. The van der Waals surface area contributed by atoms with Gasteiger partial charge in [-0.25, -0.2) is 0 Å². The van der Waals surface area contributed by atoms with Crippen molar-refractivity contribution in [1.82, 2.24) is 0 Å². The summed E-state index contributed by atoms with van der Waals surface area (Å²) >= 11 is 3.54. The van der Waals surface area contributed by atoms with Crippen molar-refractivity contribution in [2.24, 2.45) is 0 Å². The highest BCUT2D eigenvalue weighted by molar-refractivity contribution is 9.10. The van der Waals surface area contributed by atoms with Gasteiger partial charge < -0.3 is 4.42 Å². The normalized spacial score (nSPS) is 11.7. The molecule has 0 aliphatic heterocycles. The van der Waals surface area contributed by atoms with Gasteiger partial charge in [-0.3, -0.25) is 0 Å². The second kappa shape index (κ2) is 7.58. The third-order valence-corrected chi connectivity index (χ3v) is 7.23. The molecule has 0 amide bonds. The Balaban J connectivity index is 1.59. The van der Waals surface area contributed by atoms with Crippen LogP contribution in [-0.2, 0) is 0 Å². The average Bonchev–Trinajstić information content (AvgIpc) is 3.26. The van der Waals surface area contributed by atoms with Gasteiger partial charge in [-0.15, -0.1) is 0 Å². The molecule has 1 aromatic heterocycles. The lowest BCUT2D eigenvalue weighted by molar-refractivity contribution is 0.671. The predicted molar refractivity (Wildman–Crippen MR) is 147 cm³/mol. The Bertz CT molecular complexity index is 1860. The SMILES string of the molecule is Brc1ccc(-c2cccc(-c3c4ccccc4cc4c3oc3ccc5ccccc5c34)c2)cc1. The molecule has 160 valence electrons. The molecule has 0 fully saturated rings. The third-order valence-electron chi connectivity index (χ3n) is 6.70. The number of fused-ring (bicyclic) bond motifs is 6. The molecule has 0 aliphatic rings. The maximum atomic E-state index is 6.61. The van der Waals surface area contributed by atoms with Crippen molar-refractivity contribution in [1.29, 1.82) is 0 Å². The Hall–Kier alpha value is -3.88. The second-order valence-electron chi connectivity index (χ2n) is 8.70. The molecule has 34 heavy (non-hydrogen) atoms. The van der Waals surface area contributed by atoms with E-state index in [2.05, 4.69) is 131 Å². The molecule has 0 saturated heterocycles. The van der Waals surface area contributed by atoms with Crippen molar-refractivity contribution in [3.05, 3.63) is 120 Å². The minimum Gasteiger partial charge on any atom is -0.455 e. The summed E-state index contributed by atoms with van der Waals surface area (Å²) in [4.78, 5) is 0. The van der Waals surface area contributed by atoms with Crippen LogP contribution in [0.15, 0.2) is 124 Å². The molecule has 0 aliphatic carbocycles. The van der Waals surface area contributed by atoms with Crippen LogP contribution in [0.3, 0.4) is 0 Å². The molecule has 1 nitrogen and oxygen atoms in total. The number of benzene rings is 6. The molecule has 0 N–H and O–H groups in total. The Kier molecular flexibility index (Phi) is 4.36. The summed E-state index contributed by atoms with van der Waals surface area (Å²) in [5.41, 5.74) is 6.55. The van der Waals surface area contributed by atoms with Crippen molar-refractivity contribution in [2.45, 2.75) is 0 Å². The van der Waals surface area contributed by atoms with Crippen LogP contribution in [0.1, 0.15) is 0 Å². The molecule has 2 heteroatoms. The van der Waals surface area contributed by atoms with Crippen LogP contribution in [0.2, 0.25) is 0 Å². The molecule has 6 aromatic carbocycles. The number of hydrogen-bond donors (Lipinski definition) is 0. The summed E-state index contributed by atoms with van der Waals surface area (Å²) in [5.74, 6) is 0. The van der Waals surface area contributed by atoms with Crippen LogP contribution in [0.4, 0.5) is 0 Å². The third kappa shape index (κ3) is 2.99. The van der Waals surface area contributed by atoms with E-state index in [0.717, 1.165) is 32.2 Å². The van der Waals surface area contributed by atoms with Gasteiger partial charge in [0.1, 0.15) is 11.2 Å². The zero-order valence-corrected chi connectivity index (χ0v) is 19.8. The molecule has 0 unspecified atom stereocenters. The number of rotatable bonds is 2. The molecule has 0 radical (unpaired) electrons. The molecular weight excluding hydrogens is 480 g/mol. The standard InChI is InChI=1S/C32H19BrO/c33-25-15-12-20(13-16-25)22-8-5-9-24(18-22)30-27-11-4-2-7-23(27)19-28-31-26-10-3-1-6-21(26)14-17-29(31)34-32(28)30/h1-19H. The first-order valence-corrected chi connectivity index (χ1v) is 12.2. The minimum absolute atomic E-state index is 0.925. The Morgan fingerprint density at radius 3 is 2.09 bits per heavy atom. The van der Waals surface area contributed by atoms with Crippen LogP contribution < -0.4 is 0 Å². The van der Waals surface area contributed by atoms with Crippen LogP contribution >= 0.6 is 15.9 Å². The van der Waals surface area contributed by atoms with Gasteiger partial charge in [0.2, 0.25) is 0 Å². The smallest absolute Gasteiger partial charge is 0.143 e. The zero-order chi connectivity index (χ0) is 22.6. The summed E-state index contributed by atoms with van der Waals surface area (Å²) in [6, 6.07) is 40.9. The number of halogens is 1. The van der Waals surface area contributed by atoms with Crippen molar-refractivity contribution >= 4 is 59.4 Å². The summed E-state index contributed by atoms with van der Waals surface area (Å²) in [6.07, 6.45) is 0. The zero-order valence-electron chi connectivity index (χ0n) is 18.3. The van der Waals surface area contributed by atoms with Crippen molar-refractivity contribution in [2.75, 3.05) is 0 Å². The monoisotopic (exact) mass is 498 g/mol. The highest BCUT2D eigenvalue weighted by atomic mass is 79.9. The van der Waals surface area contributed by atoms with Crippen molar-refractivity contribution < 1.29 is 4.42 Å². The van der Waals surface area contributed by atoms with Crippen LogP contribution in [-0.4, -0.2) is 0 Å². The number of hydrogen-bond acceptors (Lipinski definition) is 1. The summed E-state index contributed by atoms with van der Waals surface area (Å²) < 4.78 is 7.69. The lowest BCUT2D eigenvalue weighted by atomic mass is 9.92. The van der Waals surface area contributed by atoms with E-state index in [1.165, 1.54) is 38.1 Å². The van der Waals surface area contributed by atoms with Gasteiger partial charge in [0, 0.05) is 20.8 Å². The van der Waals surface area contributed by atoms with E-state index in [9.17, 15) is 0 Å². The Morgan fingerprint density at radius 2 is 1.24 bits per heavy atom. The molecular formula is C32H19BrO. The molecule has 7 aromatic rings. The van der Waals surface area contributed by atoms with Crippen LogP contribution in [0, 0.1) is 0 Å². The van der Waals surface area contributed by atoms with Gasteiger partial charge in [-0.2, -0.15) is 0 Å². The lowest BCUT2D eigenvalue weighted by Gasteiger charge is -2.11. The van der Waals surface area contributed by atoms with E-state index >= 15 is 0 Å². The van der Waals surface area contributed by atoms with Gasteiger partial charge in [0.25, 0.3) is 0 Å². The van der Waals surface area contributed by atoms with E-state index in [1.807, 2.05) is 0 Å². The molecule has 0 atom stereocenters. The van der Waals surface area contributed by atoms with Crippen molar-refractivity contribution in [3.8, 4) is 22.3 Å². The summed E-state index contributed by atoms with van der Waals surface area (Å²) in [6.45, 7) is 0. The fourth-order valence-corrected chi connectivity index (χ4v) is 5.39. The summed E-state index contributed by atoms with van der Waals surface area (Å²) in [7, 11) is 0. The first kappa shape index (κ1) is 19.6. The fraction of sp³-hybridized carbons (Fsp3) is 0. The Morgan fingerprint density at radius 1 is 0.500 bits per heavy atom. The Labute approximate surface area is 205 Å². The second-order valence-corrected chi connectivity index (χ2v) is 9.61. The van der Waals surface area contributed by atoms with Gasteiger partial charge >= 0.3 is 0 Å². The van der Waals surface area contributed by atoms with Gasteiger partial charge in [-0.1, -0.05) is 101 Å².